The molecule has 0 N–H and O–H groups in total. The predicted octanol–water partition coefficient (Wildman–Crippen LogP) is 15.8. The molecule has 0 spiro atoms. The zero-order chi connectivity index (χ0) is 38.7. The van der Waals surface area contributed by atoms with Gasteiger partial charge in [0.15, 0.2) is 0 Å². The lowest BCUT2D eigenvalue weighted by Gasteiger charge is -2.28. The van der Waals surface area contributed by atoms with E-state index in [1.807, 2.05) is 18.2 Å². The van der Waals surface area contributed by atoms with Gasteiger partial charge in [0.2, 0.25) is 0 Å². The smallest absolute Gasteiger partial charge is 0.135 e. The van der Waals surface area contributed by atoms with Crippen LogP contribution in [-0.4, -0.2) is 4.57 Å². The number of fused-ring (bicyclic) bond motifs is 8. The van der Waals surface area contributed by atoms with Crippen LogP contribution in [0.1, 0.15) is 18.1 Å². The monoisotopic (exact) mass is 742 g/mol. The van der Waals surface area contributed by atoms with E-state index in [-0.39, 0.29) is 0 Å². The highest BCUT2D eigenvalue weighted by Crippen LogP contribution is 2.44. The van der Waals surface area contributed by atoms with Crippen molar-refractivity contribution >= 4 is 94.5 Å². The zero-order valence-electron chi connectivity index (χ0n) is 32.1. The van der Waals surface area contributed by atoms with Crippen molar-refractivity contribution in [2.75, 3.05) is 4.90 Å². The van der Waals surface area contributed by atoms with E-state index in [9.17, 15) is 0 Å². The van der Waals surface area contributed by atoms with Crippen LogP contribution < -0.4 is 4.90 Å². The number of anilines is 3. The normalized spacial score (nSPS) is 11.9. The van der Waals surface area contributed by atoms with Crippen molar-refractivity contribution in [2.24, 2.45) is 0 Å². The van der Waals surface area contributed by atoms with Gasteiger partial charge >= 0.3 is 0 Å². The maximum atomic E-state index is 6.27. The van der Waals surface area contributed by atoms with E-state index < -0.39 is 0 Å². The van der Waals surface area contributed by atoms with E-state index in [2.05, 4.69) is 205 Å². The molecule has 9 aromatic carbocycles. The van der Waals surface area contributed by atoms with Crippen molar-refractivity contribution in [3.05, 3.63) is 206 Å². The van der Waals surface area contributed by atoms with E-state index in [0.29, 0.717) is 0 Å². The van der Waals surface area contributed by atoms with Crippen molar-refractivity contribution in [1.29, 1.82) is 0 Å². The number of benzene rings is 9. The molecule has 0 radical (unpaired) electrons. The first-order valence-corrected chi connectivity index (χ1v) is 19.8. The Bertz CT molecular complexity index is 3430. The number of hydrogen-bond acceptors (Lipinski definition) is 2. The molecule has 0 amide bonds. The maximum absolute atomic E-state index is 6.27. The van der Waals surface area contributed by atoms with Crippen LogP contribution in [0.3, 0.4) is 0 Å². The molecule has 0 fully saturated rings. The summed E-state index contributed by atoms with van der Waals surface area (Å²) in [6.45, 7) is 6.31. The summed E-state index contributed by atoms with van der Waals surface area (Å²) in [5.41, 5.74) is 13.1. The summed E-state index contributed by atoms with van der Waals surface area (Å²) in [4.78, 5) is 2.38. The number of allylic oxidation sites excluding steroid dienone is 1. The lowest BCUT2D eigenvalue weighted by molar-refractivity contribution is 0.669. The third-order valence-electron chi connectivity index (χ3n) is 11.6. The molecule has 2 aromatic heterocycles. The standard InChI is InChI=1S/C55H38N2O/c1-3-13-44-36(4-2)34-53(46-17-8-7-16-45(44)46)56(43-29-31-55-50(35-43)48-19-10-12-21-54(48)58-55)41-26-22-38(23-27-41)40-25-30-52-49(33-40)47-18-9-11-20-51(47)57(52)42-28-24-37-14-5-6-15-39(37)32-42/h3-35H,2H2,1H3/b13-3-. The van der Waals surface area contributed by atoms with Crippen molar-refractivity contribution in [3.8, 4) is 16.8 Å². The number of hydrogen-bond donors (Lipinski definition) is 0. The Balaban J connectivity index is 1.07. The second-order valence-electron chi connectivity index (χ2n) is 14.9. The minimum Gasteiger partial charge on any atom is -0.456 e. The molecule has 0 aliphatic heterocycles. The average Bonchev–Trinajstić information content (AvgIpc) is 3.82. The number of rotatable bonds is 7. The minimum absolute atomic E-state index is 0.873. The molecule has 58 heavy (non-hydrogen) atoms. The first kappa shape index (κ1) is 33.7. The summed E-state index contributed by atoms with van der Waals surface area (Å²) in [6, 6.07) is 65.7. The van der Waals surface area contributed by atoms with Crippen LogP contribution in [0, 0.1) is 0 Å². The molecule has 0 unspecified atom stereocenters. The Morgan fingerprint density at radius 2 is 1.17 bits per heavy atom. The van der Waals surface area contributed by atoms with E-state index in [1.165, 1.54) is 49.1 Å². The summed E-state index contributed by atoms with van der Waals surface area (Å²) in [7, 11) is 0. The van der Waals surface area contributed by atoms with Gasteiger partial charge in [-0.25, -0.2) is 0 Å². The summed E-state index contributed by atoms with van der Waals surface area (Å²) >= 11 is 0. The van der Waals surface area contributed by atoms with Crippen LogP contribution in [0.25, 0.3) is 94.3 Å². The molecule has 3 nitrogen and oxygen atoms in total. The van der Waals surface area contributed by atoms with Gasteiger partial charge in [-0.1, -0.05) is 134 Å². The van der Waals surface area contributed by atoms with E-state index >= 15 is 0 Å². The Morgan fingerprint density at radius 1 is 0.500 bits per heavy atom. The van der Waals surface area contributed by atoms with Gasteiger partial charge in [-0.3, -0.25) is 0 Å². The summed E-state index contributed by atoms with van der Waals surface area (Å²) in [5.74, 6) is 0. The van der Waals surface area contributed by atoms with Gasteiger partial charge in [-0.05, 0) is 118 Å². The SMILES string of the molecule is C=Cc1cc(N(c2ccc(-c3ccc4c(c3)c3ccccc3n4-c3ccc4ccccc4c3)cc2)c2ccc3oc4ccccc4c3c2)c2ccccc2c1/C=C\C. The van der Waals surface area contributed by atoms with Crippen LogP contribution >= 0.6 is 0 Å². The fraction of sp³-hybridized carbons (Fsp3) is 0.0182. The Morgan fingerprint density at radius 3 is 2.00 bits per heavy atom. The molecule has 0 saturated carbocycles. The Kier molecular flexibility index (Phi) is 7.87. The predicted molar refractivity (Wildman–Crippen MR) is 248 cm³/mol. The summed E-state index contributed by atoms with van der Waals surface area (Å²) < 4.78 is 8.67. The lowest BCUT2D eigenvalue weighted by Crippen LogP contribution is -2.11. The van der Waals surface area contributed by atoms with Gasteiger partial charge in [-0.2, -0.15) is 0 Å². The van der Waals surface area contributed by atoms with Crippen molar-refractivity contribution < 1.29 is 4.42 Å². The van der Waals surface area contributed by atoms with Gasteiger partial charge in [0.05, 0.1) is 16.7 Å². The number of furan rings is 1. The summed E-state index contributed by atoms with van der Waals surface area (Å²) in [6.07, 6.45) is 6.25. The molecule has 11 aromatic rings. The topological polar surface area (TPSA) is 21.3 Å². The summed E-state index contributed by atoms with van der Waals surface area (Å²) in [5, 5.41) is 9.48. The third-order valence-corrected chi connectivity index (χ3v) is 11.6. The van der Waals surface area contributed by atoms with Crippen LogP contribution in [0.4, 0.5) is 17.1 Å². The molecule has 0 atom stereocenters. The van der Waals surface area contributed by atoms with Gasteiger partial charge in [0, 0.05) is 44.0 Å². The van der Waals surface area contributed by atoms with Crippen LogP contribution in [0.2, 0.25) is 0 Å². The molecule has 2 heterocycles. The van der Waals surface area contributed by atoms with Gasteiger partial charge in [0.25, 0.3) is 0 Å². The molecule has 3 heteroatoms. The van der Waals surface area contributed by atoms with E-state index in [1.54, 1.807) is 0 Å². The molecule has 274 valence electrons. The lowest BCUT2D eigenvalue weighted by atomic mass is 9.95. The van der Waals surface area contributed by atoms with Gasteiger partial charge in [-0.15, -0.1) is 0 Å². The second-order valence-corrected chi connectivity index (χ2v) is 14.9. The highest BCUT2D eigenvalue weighted by atomic mass is 16.3. The number of aromatic nitrogens is 1. The number of para-hydroxylation sites is 2. The second kappa shape index (κ2) is 13.5. The highest BCUT2D eigenvalue weighted by Gasteiger charge is 2.20. The largest absolute Gasteiger partial charge is 0.456 e. The third kappa shape index (κ3) is 5.36. The van der Waals surface area contributed by atoms with Crippen LogP contribution in [0.5, 0.6) is 0 Å². The first-order chi connectivity index (χ1) is 28.7. The number of nitrogens with zero attached hydrogens (tertiary/aromatic N) is 2. The average molecular weight is 743 g/mol. The zero-order valence-corrected chi connectivity index (χ0v) is 32.1. The van der Waals surface area contributed by atoms with Crippen LogP contribution in [-0.2, 0) is 0 Å². The van der Waals surface area contributed by atoms with Crippen molar-refractivity contribution in [1.82, 2.24) is 4.57 Å². The fourth-order valence-electron chi connectivity index (χ4n) is 8.94. The molecule has 0 aliphatic carbocycles. The van der Waals surface area contributed by atoms with Crippen molar-refractivity contribution in [3.63, 3.8) is 0 Å². The minimum atomic E-state index is 0.873. The molecule has 11 rings (SSSR count). The van der Waals surface area contributed by atoms with E-state index in [4.69, 9.17) is 4.42 Å². The quantitative estimate of drug-likeness (QED) is 0.162. The van der Waals surface area contributed by atoms with E-state index in [0.717, 1.165) is 61.2 Å². The maximum Gasteiger partial charge on any atom is 0.135 e. The van der Waals surface area contributed by atoms with Gasteiger partial charge in [0.1, 0.15) is 11.2 Å². The van der Waals surface area contributed by atoms with Crippen molar-refractivity contribution in [2.45, 2.75) is 6.92 Å². The highest BCUT2D eigenvalue weighted by molar-refractivity contribution is 6.11. The Hall–Kier alpha value is -7.62. The molecular formula is C55H38N2O. The molecule has 0 saturated heterocycles. The van der Waals surface area contributed by atoms with Crippen LogP contribution in [0.15, 0.2) is 199 Å². The Labute approximate surface area is 336 Å². The first-order valence-electron chi connectivity index (χ1n) is 19.8. The fourth-order valence-corrected chi connectivity index (χ4v) is 8.94. The molecule has 0 aliphatic rings. The molecule has 0 bridgehead atoms. The van der Waals surface area contributed by atoms with Gasteiger partial charge < -0.3 is 13.9 Å². The molecular weight excluding hydrogens is 705 g/mol.